The molecule has 0 unspecified atom stereocenters. The molecule has 3 aromatic rings. The Bertz CT molecular complexity index is 739. The molecule has 5 heteroatoms. The fourth-order valence-corrected chi connectivity index (χ4v) is 2.19. The minimum Gasteiger partial charge on any atom is -0.441 e. The van der Waals surface area contributed by atoms with Gasteiger partial charge < -0.3 is 9.73 Å². The van der Waals surface area contributed by atoms with Crippen molar-refractivity contribution in [3.05, 3.63) is 30.2 Å². The molecule has 19 heavy (non-hydrogen) atoms. The van der Waals surface area contributed by atoms with E-state index in [0.717, 1.165) is 28.2 Å². The van der Waals surface area contributed by atoms with E-state index < -0.39 is 0 Å². The number of benzene rings is 1. The van der Waals surface area contributed by atoms with E-state index in [1.165, 1.54) is 12.8 Å². The van der Waals surface area contributed by atoms with Crippen molar-refractivity contribution >= 4 is 16.9 Å². The summed E-state index contributed by atoms with van der Waals surface area (Å²) in [7, 11) is 0. The summed E-state index contributed by atoms with van der Waals surface area (Å²) in [5, 5.41) is 10.7. The van der Waals surface area contributed by atoms with Gasteiger partial charge in [-0.3, -0.25) is 5.10 Å². The van der Waals surface area contributed by atoms with Gasteiger partial charge in [-0.25, -0.2) is 4.98 Å². The summed E-state index contributed by atoms with van der Waals surface area (Å²) < 4.78 is 5.48. The zero-order chi connectivity index (χ0) is 12.8. The zero-order valence-corrected chi connectivity index (χ0v) is 10.6. The Kier molecular flexibility index (Phi) is 2.15. The topological polar surface area (TPSA) is 66.7 Å². The molecule has 0 spiro atoms. The first-order chi connectivity index (χ1) is 9.28. The van der Waals surface area contributed by atoms with Crippen molar-refractivity contribution in [3.63, 3.8) is 0 Å². The first-order valence-corrected chi connectivity index (χ1v) is 6.47. The first-order valence-electron chi connectivity index (χ1n) is 6.47. The lowest BCUT2D eigenvalue weighted by Crippen LogP contribution is -2.00. The maximum Gasteiger partial charge on any atom is 0.192 e. The summed E-state index contributed by atoms with van der Waals surface area (Å²) in [6.07, 6.45) is 2.48. The second-order valence-corrected chi connectivity index (χ2v) is 5.00. The molecule has 1 aliphatic rings. The third-order valence-corrected chi connectivity index (χ3v) is 3.31. The monoisotopic (exact) mass is 254 g/mol. The standard InChI is InChI=1S/C14H14N4O/c1-8-15-12-6-9(2-5-13(12)19-8)11-7-14(18-17-11)16-10-3-4-10/h2,5-7,10H,3-4H2,1H3,(H2,16,17,18). The van der Waals surface area contributed by atoms with Gasteiger partial charge in [-0.2, -0.15) is 5.10 Å². The molecule has 2 aromatic heterocycles. The molecule has 5 nitrogen and oxygen atoms in total. The highest BCUT2D eigenvalue weighted by molar-refractivity contribution is 5.79. The number of aryl methyl sites for hydroxylation is 1. The SMILES string of the molecule is Cc1nc2cc(-c3cc(NC4CC4)n[nH]3)ccc2o1. The number of H-pyrrole nitrogens is 1. The number of nitrogens with one attached hydrogen (secondary N) is 2. The first kappa shape index (κ1) is 10.6. The predicted octanol–water partition coefficient (Wildman–Crippen LogP) is 3.10. The average molecular weight is 254 g/mol. The minimum absolute atomic E-state index is 0.608. The number of oxazole rings is 1. The van der Waals surface area contributed by atoms with Gasteiger partial charge in [0, 0.05) is 24.6 Å². The van der Waals surface area contributed by atoms with E-state index >= 15 is 0 Å². The third kappa shape index (κ3) is 1.97. The van der Waals surface area contributed by atoms with E-state index in [-0.39, 0.29) is 0 Å². The molecule has 2 N–H and O–H groups in total. The number of aromatic amines is 1. The third-order valence-electron chi connectivity index (χ3n) is 3.31. The Balaban J connectivity index is 1.69. The van der Waals surface area contributed by atoms with Crippen LogP contribution in [-0.2, 0) is 0 Å². The van der Waals surface area contributed by atoms with Crippen LogP contribution >= 0.6 is 0 Å². The Morgan fingerprint density at radius 2 is 2.21 bits per heavy atom. The van der Waals surface area contributed by atoms with Crippen molar-refractivity contribution in [3.8, 4) is 11.3 Å². The molecule has 1 aromatic carbocycles. The molecule has 2 heterocycles. The van der Waals surface area contributed by atoms with Crippen LogP contribution in [0.4, 0.5) is 5.82 Å². The highest BCUT2D eigenvalue weighted by Crippen LogP contribution is 2.27. The molecule has 0 atom stereocenters. The summed E-state index contributed by atoms with van der Waals surface area (Å²) in [6.45, 7) is 1.85. The fraction of sp³-hybridized carbons (Fsp3) is 0.286. The lowest BCUT2D eigenvalue weighted by molar-refractivity contribution is 0.561. The maximum atomic E-state index is 5.48. The van der Waals surface area contributed by atoms with Gasteiger partial charge >= 0.3 is 0 Å². The largest absolute Gasteiger partial charge is 0.441 e. The van der Waals surface area contributed by atoms with Gasteiger partial charge in [-0.15, -0.1) is 0 Å². The van der Waals surface area contributed by atoms with E-state index in [0.29, 0.717) is 11.9 Å². The van der Waals surface area contributed by atoms with Gasteiger partial charge in [0.1, 0.15) is 11.3 Å². The van der Waals surface area contributed by atoms with E-state index in [4.69, 9.17) is 4.42 Å². The number of nitrogens with zero attached hydrogens (tertiary/aromatic N) is 2. The van der Waals surface area contributed by atoms with Crippen molar-refractivity contribution in [2.45, 2.75) is 25.8 Å². The van der Waals surface area contributed by atoms with Crippen molar-refractivity contribution in [1.29, 1.82) is 0 Å². The van der Waals surface area contributed by atoms with Crippen LogP contribution in [0.25, 0.3) is 22.4 Å². The average Bonchev–Trinajstić information content (AvgIpc) is 2.94. The van der Waals surface area contributed by atoms with Gasteiger partial charge in [0.05, 0.1) is 5.69 Å². The number of aromatic nitrogens is 3. The number of hydrogen-bond donors (Lipinski definition) is 2. The Morgan fingerprint density at radius 3 is 3.05 bits per heavy atom. The minimum atomic E-state index is 0.608. The Morgan fingerprint density at radius 1 is 1.32 bits per heavy atom. The smallest absolute Gasteiger partial charge is 0.192 e. The second-order valence-electron chi connectivity index (χ2n) is 5.00. The van der Waals surface area contributed by atoms with Crippen molar-refractivity contribution in [2.75, 3.05) is 5.32 Å². The summed E-state index contributed by atoms with van der Waals surface area (Å²) >= 11 is 0. The predicted molar refractivity (Wildman–Crippen MR) is 73.0 cm³/mol. The van der Waals surface area contributed by atoms with Crippen LogP contribution in [0.15, 0.2) is 28.7 Å². The molecule has 1 saturated carbocycles. The van der Waals surface area contributed by atoms with E-state index in [2.05, 4.69) is 20.5 Å². The molecular weight excluding hydrogens is 240 g/mol. The van der Waals surface area contributed by atoms with Gasteiger partial charge in [0.2, 0.25) is 0 Å². The number of anilines is 1. The highest BCUT2D eigenvalue weighted by atomic mass is 16.3. The Labute approximate surface area is 110 Å². The molecule has 0 radical (unpaired) electrons. The summed E-state index contributed by atoms with van der Waals surface area (Å²) in [4.78, 5) is 4.35. The van der Waals surface area contributed by atoms with Crippen LogP contribution in [0.1, 0.15) is 18.7 Å². The maximum absolute atomic E-state index is 5.48. The van der Waals surface area contributed by atoms with Gasteiger partial charge in [-0.1, -0.05) is 0 Å². The van der Waals surface area contributed by atoms with E-state index in [1.807, 2.05) is 31.2 Å². The summed E-state index contributed by atoms with van der Waals surface area (Å²) in [6, 6.07) is 8.62. The van der Waals surface area contributed by atoms with Crippen LogP contribution in [0, 0.1) is 6.92 Å². The molecule has 1 aliphatic carbocycles. The normalized spacial score (nSPS) is 15.0. The molecule has 0 bridgehead atoms. The van der Waals surface area contributed by atoms with Crippen LogP contribution in [-0.4, -0.2) is 21.2 Å². The lowest BCUT2D eigenvalue weighted by Gasteiger charge is -1.96. The lowest BCUT2D eigenvalue weighted by atomic mass is 10.1. The van der Waals surface area contributed by atoms with Crippen LogP contribution in [0.3, 0.4) is 0 Å². The van der Waals surface area contributed by atoms with Gasteiger partial charge in [0.15, 0.2) is 11.5 Å². The van der Waals surface area contributed by atoms with Crippen LogP contribution < -0.4 is 5.32 Å². The molecule has 0 saturated heterocycles. The van der Waals surface area contributed by atoms with Crippen LogP contribution in [0.2, 0.25) is 0 Å². The molecule has 96 valence electrons. The molecule has 1 fully saturated rings. The van der Waals surface area contributed by atoms with Crippen LogP contribution in [0.5, 0.6) is 0 Å². The zero-order valence-electron chi connectivity index (χ0n) is 10.6. The van der Waals surface area contributed by atoms with Crippen molar-refractivity contribution in [2.24, 2.45) is 0 Å². The Hall–Kier alpha value is -2.30. The van der Waals surface area contributed by atoms with Gasteiger partial charge in [0.25, 0.3) is 0 Å². The van der Waals surface area contributed by atoms with Gasteiger partial charge in [-0.05, 0) is 31.0 Å². The molecular formula is C14H14N4O. The van der Waals surface area contributed by atoms with Crippen molar-refractivity contribution < 1.29 is 4.42 Å². The molecule has 0 aliphatic heterocycles. The quantitative estimate of drug-likeness (QED) is 0.753. The number of fused-ring (bicyclic) bond motifs is 1. The number of hydrogen-bond acceptors (Lipinski definition) is 4. The highest BCUT2D eigenvalue weighted by Gasteiger charge is 2.21. The van der Waals surface area contributed by atoms with E-state index in [9.17, 15) is 0 Å². The summed E-state index contributed by atoms with van der Waals surface area (Å²) in [5.41, 5.74) is 3.75. The fourth-order valence-electron chi connectivity index (χ4n) is 2.19. The summed E-state index contributed by atoms with van der Waals surface area (Å²) in [5.74, 6) is 1.60. The van der Waals surface area contributed by atoms with Crippen molar-refractivity contribution in [1.82, 2.24) is 15.2 Å². The molecule has 0 amide bonds. The van der Waals surface area contributed by atoms with E-state index in [1.54, 1.807) is 0 Å². The number of rotatable bonds is 3. The second kappa shape index (κ2) is 3.85. The molecule has 4 rings (SSSR count).